The first-order valence-corrected chi connectivity index (χ1v) is 4.08. The van der Waals surface area contributed by atoms with Crippen molar-refractivity contribution in [1.29, 1.82) is 0 Å². The lowest BCUT2D eigenvalue weighted by molar-refractivity contribution is -0.415. The van der Waals surface area contributed by atoms with Gasteiger partial charge >= 0.3 is 5.70 Å². The highest BCUT2D eigenvalue weighted by Crippen LogP contribution is 2.12. The highest BCUT2D eigenvalue weighted by Gasteiger charge is 2.07. The first-order valence-electron chi connectivity index (χ1n) is 3.70. The number of carbonyl (C=O) groups excluding carboxylic acids is 1. The number of nitro groups is 1. The molecule has 0 aliphatic carbocycles. The van der Waals surface area contributed by atoms with Gasteiger partial charge in [0.15, 0.2) is 0 Å². The zero-order valence-electron chi connectivity index (χ0n) is 7.01. The Labute approximate surface area is 85.0 Å². The van der Waals surface area contributed by atoms with Crippen molar-refractivity contribution in [2.45, 2.75) is 0 Å². The minimum absolute atomic E-state index is 0.203. The summed E-state index contributed by atoms with van der Waals surface area (Å²) in [5.74, 6) is 0. The fourth-order valence-corrected chi connectivity index (χ4v) is 0.986. The van der Waals surface area contributed by atoms with Gasteiger partial charge in [0, 0.05) is 11.1 Å². The van der Waals surface area contributed by atoms with Crippen LogP contribution < -0.4 is 0 Å². The third kappa shape index (κ3) is 2.67. The van der Waals surface area contributed by atoms with E-state index in [2.05, 4.69) is 0 Å². The molecule has 0 spiro atoms. The standard InChI is InChI=1S/C9H6ClNO3/c10-8-3-1-7(2-4-8)5-9(6-12)11(13)14/h1-6H/b9-5-. The Balaban J connectivity index is 3.01. The molecular weight excluding hydrogens is 206 g/mol. The van der Waals surface area contributed by atoms with E-state index in [0.717, 1.165) is 0 Å². The van der Waals surface area contributed by atoms with Crippen LogP contribution in [-0.4, -0.2) is 11.2 Å². The Bertz CT molecular complexity index is 384. The molecule has 0 radical (unpaired) electrons. The third-order valence-corrected chi connectivity index (χ3v) is 1.77. The van der Waals surface area contributed by atoms with Crippen LogP contribution in [0.5, 0.6) is 0 Å². The van der Waals surface area contributed by atoms with E-state index in [0.29, 0.717) is 10.6 Å². The molecule has 14 heavy (non-hydrogen) atoms. The Kier molecular flexibility index (Phi) is 3.36. The molecule has 0 N–H and O–H groups in total. The molecule has 1 aromatic rings. The molecule has 0 saturated heterocycles. The van der Waals surface area contributed by atoms with Gasteiger partial charge in [0.05, 0.1) is 4.92 Å². The fraction of sp³-hybridized carbons (Fsp3) is 0. The molecule has 4 nitrogen and oxygen atoms in total. The van der Waals surface area contributed by atoms with Crippen LogP contribution in [0.4, 0.5) is 0 Å². The molecule has 0 unspecified atom stereocenters. The maximum atomic E-state index is 10.3. The molecule has 0 aromatic heterocycles. The first-order chi connectivity index (χ1) is 6.63. The van der Waals surface area contributed by atoms with Crippen molar-refractivity contribution in [2.75, 3.05) is 0 Å². The summed E-state index contributed by atoms with van der Waals surface area (Å²) in [5.41, 5.74) is 0.0838. The molecule has 72 valence electrons. The molecule has 5 heteroatoms. The van der Waals surface area contributed by atoms with Crippen molar-refractivity contribution in [1.82, 2.24) is 0 Å². The number of nitrogens with zero attached hydrogens (tertiary/aromatic N) is 1. The fourth-order valence-electron chi connectivity index (χ4n) is 0.860. The van der Waals surface area contributed by atoms with E-state index in [1.54, 1.807) is 24.3 Å². The maximum absolute atomic E-state index is 10.3. The molecule has 0 aliphatic rings. The van der Waals surface area contributed by atoms with E-state index in [1.165, 1.54) is 6.08 Å². The second kappa shape index (κ2) is 4.53. The Morgan fingerprint density at radius 3 is 2.36 bits per heavy atom. The van der Waals surface area contributed by atoms with Gasteiger partial charge in [-0.1, -0.05) is 23.7 Å². The molecule has 1 rings (SSSR count). The second-order valence-corrected chi connectivity index (χ2v) is 2.93. The molecule has 0 amide bonds. The predicted octanol–water partition coefficient (Wildman–Crippen LogP) is 2.16. The van der Waals surface area contributed by atoms with Crippen LogP contribution in [0.25, 0.3) is 6.08 Å². The summed E-state index contributed by atoms with van der Waals surface area (Å²) in [5, 5.41) is 10.8. The number of carbonyl (C=O) groups is 1. The van der Waals surface area contributed by atoms with Gasteiger partial charge in [-0.2, -0.15) is 0 Å². The smallest absolute Gasteiger partial charge is 0.291 e. The van der Waals surface area contributed by atoms with Crippen LogP contribution >= 0.6 is 11.6 Å². The molecular formula is C9H6ClNO3. The lowest BCUT2D eigenvalue weighted by Crippen LogP contribution is -1.98. The Morgan fingerprint density at radius 2 is 1.93 bits per heavy atom. The molecule has 0 aliphatic heterocycles. The van der Waals surface area contributed by atoms with Crippen molar-refractivity contribution in [3.05, 3.63) is 50.7 Å². The van der Waals surface area contributed by atoms with Crippen LogP contribution in [0, 0.1) is 10.1 Å². The minimum Gasteiger partial charge on any atom is -0.291 e. The van der Waals surface area contributed by atoms with Gasteiger partial charge in [-0.15, -0.1) is 0 Å². The van der Waals surface area contributed by atoms with Gasteiger partial charge in [0.1, 0.15) is 0 Å². The van der Waals surface area contributed by atoms with Gasteiger partial charge in [-0.05, 0) is 17.7 Å². The number of benzene rings is 1. The van der Waals surface area contributed by atoms with Crippen LogP contribution in [0.1, 0.15) is 5.56 Å². The molecule has 0 atom stereocenters. The van der Waals surface area contributed by atoms with Crippen molar-refractivity contribution < 1.29 is 9.72 Å². The minimum atomic E-state index is -0.735. The summed E-state index contributed by atoms with van der Waals surface area (Å²) in [6.45, 7) is 0. The number of halogens is 1. The van der Waals surface area contributed by atoms with Crippen LogP contribution in [0.2, 0.25) is 5.02 Å². The lowest BCUT2D eigenvalue weighted by Gasteiger charge is -1.92. The monoisotopic (exact) mass is 211 g/mol. The summed E-state index contributed by atoms with van der Waals surface area (Å²) in [4.78, 5) is 19.8. The van der Waals surface area contributed by atoms with E-state index < -0.39 is 10.6 Å². The van der Waals surface area contributed by atoms with E-state index in [9.17, 15) is 14.9 Å². The van der Waals surface area contributed by atoms with Crippen LogP contribution in [0.15, 0.2) is 30.0 Å². The highest BCUT2D eigenvalue weighted by molar-refractivity contribution is 6.30. The van der Waals surface area contributed by atoms with Crippen LogP contribution in [-0.2, 0) is 4.79 Å². The van der Waals surface area contributed by atoms with Crippen LogP contribution in [0.3, 0.4) is 0 Å². The van der Waals surface area contributed by atoms with E-state index in [4.69, 9.17) is 11.6 Å². The number of allylic oxidation sites excluding steroid dienone is 1. The van der Waals surface area contributed by atoms with E-state index in [-0.39, 0.29) is 6.29 Å². The largest absolute Gasteiger partial charge is 0.309 e. The van der Waals surface area contributed by atoms with Crippen molar-refractivity contribution in [2.24, 2.45) is 0 Å². The second-order valence-electron chi connectivity index (χ2n) is 2.50. The maximum Gasteiger partial charge on any atom is 0.309 e. The summed E-state index contributed by atoms with van der Waals surface area (Å²) in [7, 11) is 0. The average molecular weight is 212 g/mol. The topological polar surface area (TPSA) is 60.2 Å². The number of rotatable bonds is 3. The predicted molar refractivity (Wildman–Crippen MR) is 52.5 cm³/mol. The van der Waals surface area contributed by atoms with E-state index >= 15 is 0 Å². The zero-order chi connectivity index (χ0) is 10.6. The molecule has 1 aromatic carbocycles. The number of hydrogen-bond acceptors (Lipinski definition) is 3. The highest BCUT2D eigenvalue weighted by atomic mass is 35.5. The van der Waals surface area contributed by atoms with Gasteiger partial charge in [0.2, 0.25) is 6.29 Å². The Hall–Kier alpha value is -1.68. The van der Waals surface area contributed by atoms with Crippen molar-refractivity contribution in [3.8, 4) is 0 Å². The van der Waals surface area contributed by atoms with Crippen molar-refractivity contribution in [3.63, 3.8) is 0 Å². The SMILES string of the molecule is O=C/C(=C/c1ccc(Cl)cc1)[N+](=O)[O-]. The molecule has 0 bridgehead atoms. The molecule has 0 heterocycles. The first kappa shape index (κ1) is 10.4. The van der Waals surface area contributed by atoms with Gasteiger partial charge in [-0.25, -0.2) is 0 Å². The summed E-state index contributed by atoms with van der Waals surface area (Å²) >= 11 is 5.62. The lowest BCUT2D eigenvalue weighted by atomic mass is 10.2. The normalized spacial score (nSPS) is 11.1. The van der Waals surface area contributed by atoms with E-state index in [1.807, 2.05) is 0 Å². The molecule has 0 fully saturated rings. The summed E-state index contributed by atoms with van der Waals surface area (Å²) < 4.78 is 0. The third-order valence-electron chi connectivity index (χ3n) is 1.52. The van der Waals surface area contributed by atoms with Gasteiger partial charge in [0.25, 0.3) is 0 Å². The summed E-state index contributed by atoms with van der Waals surface area (Å²) in [6, 6.07) is 6.37. The molecule has 0 saturated carbocycles. The zero-order valence-corrected chi connectivity index (χ0v) is 7.77. The van der Waals surface area contributed by atoms with Gasteiger partial charge < -0.3 is 0 Å². The number of aldehydes is 1. The van der Waals surface area contributed by atoms with Crippen molar-refractivity contribution >= 4 is 24.0 Å². The quantitative estimate of drug-likeness (QED) is 0.333. The van der Waals surface area contributed by atoms with Gasteiger partial charge in [-0.3, -0.25) is 14.9 Å². The summed E-state index contributed by atoms with van der Waals surface area (Å²) in [6.07, 6.45) is 1.39. The number of hydrogen-bond donors (Lipinski definition) is 0. The average Bonchev–Trinajstić information content (AvgIpc) is 2.16. The Morgan fingerprint density at radius 1 is 1.36 bits per heavy atom.